The molecular weight excluding hydrogens is 282 g/mol. The number of H-pyrrole nitrogens is 1. The molecule has 0 spiro atoms. The third-order valence-corrected chi connectivity index (χ3v) is 3.27. The topological polar surface area (TPSA) is 73.7 Å². The van der Waals surface area contributed by atoms with Crippen LogP contribution in [0.2, 0.25) is 0 Å². The molecule has 1 heterocycles. The maximum atomic E-state index is 11.6. The minimum atomic E-state index is -0.472. The first-order chi connectivity index (χ1) is 10.4. The molecule has 0 radical (unpaired) electrons. The van der Waals surface area contributed by atoms with Crippen LogP contribution < -0.4 is 21.2 Å². The van der Waals surface area contributed by atoms with Crippen LogP contribution in [0.15, 0.2) is 45.0 Å². The van der Waals surface area contributed by atoms with E-state index in [-0.39, 0.29) is 5.56 Å². The van der Waals surface area contributed by atoms with E-state index in [1.54, 1.807) is 13.3 Å². The van der Waals surface area contributed by atoms with Crippen molar-refractivity contribution in [3.63, 3.8) is 0 Å². The zero-order valence-corrected chi connectivity index (χ0v) is 13.1. The number of nitrogens with zero attached hydrogens (tertiary/aromatic N) is 4. The Hall–Kier alpha value is -2.83. The number of hydrogen-bond acceptors (Lipinski definition) is 5. The quantitative estimate of drug-likeness (QED) is 0.663. The lowest BCUT2D eigenvalue weighted by molar-refractivity contribution is 0.766. The maximum Gasteiger partial charge on any atom is 0.329 e. The lowest BCUT2D eigenvalue weighted by Gasteiger charge is -2.13. The van der Waals surface area contributed by atoms with Crippen molar-refractivity contribution in [1.29, 1.82) is 0 Å². The van der Waals surface area contributed by atoms with Crippen molar-refractivity contribution in [3.8, 4) is 0 Å². The van der Waals surface area contributed by atoms with Gasteiger partial charge in [0.2, 0.25) is 0 Å². The van der Waals surface area contributed by atoms with Crippen molar-refractivity contribution in [2.45, 2.75) is 0 Å². The van der Waals surface area contributed by atoms with Crippen molar-refractivity contribution in [2.75, 3.05) is 31.1 Å². The van der Waals surface area contributed by atoms with E-state index < -0.39 is 5.69 Å². The Kier molecular flexibility index (Phi) is 4.45. The fraction of sp³-hybridized carbons (Fsp3) is 0.267. The third-order valence-electron chi connectivity index (χ3n) is 3.27. The highest BCUT2D eigenvalue weighted by molar-refractivity contribution is 5.81. The second kappa shape index (κ2) is 6.30. The highest BCUT2D eigenvalue weighted by Gasteiger charge is 2.04. The van der Waals surface area contributed by atoms with Gasteiger partial charge in [0.1, 0.15) is 5.82 Å². The second-order valence-electron chi connectivity index (χ2n) is 5.11. The standard InChI is InChI=1S/C15H19N5O2/c1-18(2)12-7-5-11(6-8-12)10-16-20(4)13-9-14(21)19(3)15(22)17-13/h5-10H,1-4H3,(H,17,22)/b16-10-. The van der Waals surface area contributed by atoms with Gasteiger partial charge in [0.15, 0.2) is 0 Å². The highest BCUT2D eigenvalue weighted by Crippen LogP contribution is 2.11. The molecule has 0 saturated heterocycles. The highest BCUT2D eigenvalue weighted by atomic mass is 16.2. The molecule has 0 aliphatic heterocycles. The summed E-state index contributed by atoms with van der Waals surface area (Å²) in [4.78, 5) is 27.8. The van der Waals surface area contributed by atoms with E-state index >= 15 is 0 Å². The molecule has 0 bridgehead atoms. The van der Waals surface area contributed by atoms with Gasteiger partial charge in [0, 0.05) is 39.9 Å². The van der Waals surface area contributed by atoms with Gasteiger partial charge >= 0.3 is 5.69 Å². The zero-order valence-electron chi connectivity index (χ0n) is 13.1. The lowest BCUT2D eigenvalue weighted by Crippen LogP contribution is -2.33. The average Bonchev–Trinajstić information content (AvgIpc) is 2.50. The largest absolute Gasteiger partial charge is 0.378 e. The van der Waals surface area contributed by atoms with Crippen LogP contribution in [0.4, 0.5) is 11.5 Å². The van der Waals surface area contributed by atoms with Crippen LogP contribution in [-0.4, -0.2) is 36.9 Å². The molecule has 116 valence electrons. The van der Waals surface area contributed by atoms with E-state index in [0.717, 1.165) is 15.8 Å². The van der Waals surface area contributed by atoms with Crippen LogP contribution in [0.25, 0.3) is 0 Å². The van der Waals surface area contributed by atoms with Gasteiger partial charge in [-0.1, -0.05) is 12.1 Å². The molecule has 0 atom stereocenters. The van der Waals surface area contributed by atoms with Crippen LogP contribution in [0.1, 0.15) is 5.56 Å². The molecule has 1 aromatic heterocycles. The Labute approximate surface area is 128 Å². The summed E-state index contributed by atoms with van der Waals surface area (Å²) in [6, 6.07) is 9.19. The summed E-state index contributed by atoms with van der Waals surface area (Å²) >= 11 is 0. The van der Waals surface area contributed by atoms with E-state index in [1.807, 2.05) is 43.3 Å². The molecule has 1 aromatic carbocycles. The normalized spacial score (nSPS) is 10.9. The molecule has 2 aromatic rings. The number of hydrogen-bond donors (Lipinski definition) is 1. The number of anilines is 2. The van der Waals surface area contributed by atoms with Crippen LogP contribution in [-0.2, 0) is 7.05 Å². The molecular formula is C15H19N5O2. The molecule has 2 rings (SSSR count). The number of hydrazone groups is 1. The van der Waals surface area contributed by atoms with Crippen molar-refractivity contribution in [2.24, 2.45) is 12.1 Å². The minimum Gasteiger partial charge on any atom is -0.378 e. The third kappa shape index (κ3) is 3.43. The van der Waals surface area contributed by atoms with Crippen molar-refractivity contribution in [3.05, 3.63) is 56.7 Å². The van der Waals surface area contributed by atoms with Gasteiger partial charge in [-0.05, 0) is 17.7 Å². The Morgan fingerprint density at radius 1 is 1.14 bits per heavy atom. The van der Waals surface area contributed by atoms with Crippen molar-refractivity contribution < 1.29 is 0 Å². The van der Waals surface area contributed by atoms with E-state index in [2.05, 4.69) is 10.1 Å². The Balaban J connectivity index is 2.19. The first-order valence-electron chi connectivity index (χ1n) is 6.74. The van der Waals surface area contributed by atoms with Crippen molar-refractivity contribution in [1.82, 2.24) is 9.55 Å². The summed E-state index contributed by atoms with van der Waals surface area (Å²) < 4.78 is 1.00. The molecule has 0 unspecified atom stereocenters. The monoisotopic (exact) mass is 301 g/mol. The van der Waals surface area contributed by atoms with Gasteiger partial charge < -0.3 is 4.90 Å². The number of nitrogens with one attached hydrogen (secondary N) is 1. The number of aromatic amines is 1. The maximum absolute atomic E-state index is 11.6. The molecule has 1 N–H and O–H groups in total. The summed E-state index contributed by atoms with van der Waals surface area (Å²) in [5.74, 6) is 0.342. The number of rotatable bonds is 4. The van der Waals surface area contributed by atoms with E-state index in [9.17, 15) is 9.59 Å². The molecule has 0 amide bonds. The first kappa shape index (κ1) is 15.6. The predicted molar refractivity (Wildman–Crippen MR) is 89.1 cm³/mol. The first-order valence-corrected chi connectivity index (χ1v) is 6.74. The Morgan fingerprint density at radius 2 is 1.77 bits per heavy atom. The molecule has 0 fully saturated rings. The molecule has 22 heavy (non-hydrogen) atoms. The van der Waals surface area contributed by atoms with Crippen LogP contribution >= 0.6 is 0 Å². The van der Waals surface area contributed by atoms with Gasteiger partial charge in [-0.2, -0.15) is 5.10 Å². The second-order valence-corrected chi connectivity index (χ2v) is 5.11. The SMILES string of the molecule is CN(C)c1ccc(/C=N\N(C)c2cc(=O)n(C)c(=O)[nH]2)cc1. The smallest absolute Gasteiger partial charge is 0.329 e. The number of benzene rings is 1. The van der Waals surface area contributed by atoms with Gasteiger partial charge in [0.05, 0.1) is 6.21 Å². The predicted octanol–water partition coefficient (Wildman–Crippen LogP) is 0.610. The van der Waals surface area contributed by atoms with Gasteiger partial charge in [-0.3, -0.25) is 19.4 Å². The van der Waals surface area contributed by atoms with Gasteiger partial charge in [0.25, 0.3) is 5.56 Å². The molecule has 0 aliphatic carbocycles. The fourth-order valence-corrected chi connectivity index (χ4v) is 1.79. The summed E-state index contributed by atoms with van der Waals surface area (Å²) in [6.07, 6.45) is 1.66. The minimum absolute atomic E-state index is 0.342. The van der Waals surface area contributed by atoms with Crippen LogP contribution in [0.5, 0.6) is 0 Å². The molecule has 7 nitrogen and oxygen atoms in total. The molecule has 0 aliphatic rings. The lowest BCUT2D eigenvalue weighted by atomic mass is 10.2. The van der Waals surface area contributed by atoms with E-state index in [1.165, 1.54) is 18.1 Å². The van der Waals surface area contributed by atoms with E-state index in [4.69, 9.17) is 0 Å². The molecule has 7 heteroatoms. The Morgan fingerprint density at radius 3 is 2.32 bits per heavy atom. The summed E-state index contributed by atoms with van der Waals surface area (Å²) in [5.41, 5.74) is 1.17. The number of aromatic nitrogens is 2. The van der Waals surface area contributed by atoms with Crippen LogP contribution in [0, 0.1) is 0 Å². The van der Waals surface area contributed by atoms with Crippen molar-refractivity contribution >= 4 is 17.7 Å². The van der Waals surface area contributed by atoms with E-state index in [0.29, 0.717) is 5.82 Å². The fourth-order valence-electron chi connectivity index (χ4n) is 1.79. The van der Waals surface area contributed by atoms with Gasteiger partial charge in [-0.15, -0.1) is 0 Å². The Bertz CT molecular complexity index is 756. The molecule has 0 saturated carbocycles. The van der Waals surface area contributed by atoms with Crippen LogP contribution in [0.3, 0.4) is 0 Å². The average molecular weight is 301 g/mol. The summed E-state index contributed by atoms with van der Waals surface area (Å²) in [5, 5.41) is 5.67. The summed E-state index contributed by atoms with van der Waals surface area (Å²) in [6.45, 7) is 0. The zero-order chi connectivity index (χ0) is 16.3. The van der Waals surface area contributed by atoms with Gasteiger partial charge in [-0.25, -0.2) is 4.79 Å². The summed E-state index contributed by atoms with van der Waals surface area (Å²) in [7, 11) is 7.03.